The summed E-state index contributed by atoms with van der Waals surface area (Å²) in [7, 11) is 0. The second-order valence-corrected chi connectivity index (χ2v) is 5.06. The number of fused-ring (bicyclic) bond motifs is 1. The zero-order chi connectivity index (χ0) is 17.6. The zero-order valence-electron chi connectivity index (χ0n) is 11.8. The molecule has 0 aromatic heterocycles. The van der Waals surface area contributed by atoms with Gasteiger partial charge in [0.25, 0.3) is 23.4 Å². The van der Waals surface area contributed by atoms with E-state index in [2.05, 4.69) is 0 Å². The number of benzene rings is 1. The molecular weight excluding hydrogens is 310 g/mol. The van der Waals surface area contributed by atoms with Gasteiger partial charge < -0.3 is 25.2 Å². The molecular formula is C14H13NO8. The van der Waals surface area contributed by atoms with Crippen molar-refractivity contribution in [2.24, 2.45) is 0 Å². The summed E-state index contributed by atoms with van der Waals surface area (Å²) in [6.07, 6.45) is -0.230. The van der Waals surface area contributed by atoms with E-state index in [1.807, 2.05) is 0 Å². The molecule has 1 aliphatic rings. The average molecular weight is 323 g/mol. The highest BCUT2D eigenvalue weighted by atomic mass is 16.6. The lowest BCUT2D eigenvalue weighted by molar-refractivity contribution is -0.345. The van der Waals surface area contributed by atoms with Gasteiger partial charge in [-0.1, -0.05) is 12.1 Å². The molecule has 0 saturated carbocycles. The van der Waals surface area contributed by atoms with Crippen LogP contribution in [0, 0.1) is 0 Å². The first-order chi connectivity index (χ1) is 10.6. The predicted molar refractivity (Wildman–Crippen MR) is 71.8 cm³/mol. The van der Waals surface area contributed by atoms with Crippen molar-refractivity contribution >= 4 is 23.9 Å². The minimum Gasteiger partial charge on any atom is -0.359 e. The normalized spacial score (nSPS) is 16.3. The van der Waals surface area contributed by atoms with Gasteiger partial charge in [-0.05, 0) is 12.1 Å². The van der Waals surface area contributed by atoms with E-state index in [1.54, 1.807) is 0 Å². The third-order valence-corrected chi connectivity index (χ3v) is 3.65. The number of carbonyl (C=O) groups excluding carboxylic acids is 4. The standard InChI is InChI=1S/C14H13NO8/c1-7(17)13(20,21)14(22,23)10(6-16)15-11(18)8-4-2-3-5-9(8)12(15)19/h2-6,10,20-23H,1H3. The number of amides is 2. The molecule has 2 amide bonds. The number of rotatable bonds is 5. The van der Waals surface area contributed by atoms with Crippen LogP contribution in [0.15, 0.2) is 24.3 Å². The third-order valence-electron chi connectivity index (χ3n) is 3.65. The molecule has 0 aliphatic carbocycles. The lowest BCUT2D eigenvalue weighted by atomic mass is 9.94. The van der Waals surface area contributed by atoms with E-state index < -0.39 is 35.2 Å². The summed E-state index contributed by atoms with van der Waals surface area (Å²) in [6, 6.07) is 3.06. The first-order valence-corrected chi connectivity index (χ1v) is 6.40. The number of aliphatic hydroxyl groups is 4. The Bertz CT molecular complexity index is 673. The fourth-order valence-corrected chi connectivity index (χ4v) is 2.26. The zero-order valence-corrected chi connectivity index (χ0v) is 11.8. The van der Waals surface area contributed by atoms with E-state index in [1.165, 1.54) is 24.3 Å². The van der Waals surface area contributed by atoms with Crippen LogP contribution in [0.3, 0.4) is 0 Å². The van der Waals surface area contributed by atoms with Crippen LogP contribution in [0.1, 0.15) is 27.6 Å². The topological polar surface area (TPSA) is 152 Å². The van der Waals surface area contributed by atoms with Crippen LogP contribution in [0.4, 0.5) is 0 Å². The van der Waals surface area contributed by atoms with Gasteiger partial charge >= 0.3 is 0 Å². The van der Waals surface area contributed by atoms with Gasteiger partial charge in [0.1, 0.15) is 6.29 Å². The first kappa shape index (κ1) is 16.9. The van der Waals surface area contributed by atoms with Gasteiger partial charge in [0.05, 0.1) is 11.1 Å². The molecule has 4 N–H and O–H groups in total. The molecule has 0 saturated heterocycles. The Hall–Kier alpha value is -2.46. The van der Waals surface area contributed by atoms with Gasteiger partial charge in [-0.15, -0.1) is 0 Å². The molecule has 0 fully saturated rings. The molecule has 0 spiro atoms. The van der Waals surface area contributed by atoms with Crippen LogP contribution in [0.5, 0.6) is 0 Å². The Morgan fingerprint density at radius 3 is 1.87 bits per heavy atom. The summed E-state index contributed by atoms with van der Waals surface area (Å²) in [5, 5.41) is 38.9. The number of aldehydes is 1. The van der Waals surface area contributed by atoms with E-state index in [0.717, 1.165) is 0 Å². The van der Waals surface area contributed by atoms with Crippen LogP contribution in [-0.4, -0.2) is 66.8 Å². The first-order valence-electron chi connectivity index (χ1n) is 6.40. The quantitative estimate of drug-likeness (QED) is 0.270. The molecule has 1 aromatic carbocycles. The van der Waals surface area contributed by atoms with Gasteiger partial charge in [-0.25, -0.2) is 0 Å². The molecule has 1 aromatic rings. The average Bonchev–Trinajstić information content (AvgIpc) is 2.73. The lowest BCUT2D eigenvalue weighted by Gasteiger charge is -2.39. The molecule has 2 rings (SSSR count). The lowest BCUT2D eigenvalue weighted by Crippen LogP contribution is -2.69. The Kier molecular flexibility index (Phi) is 3.91. The maximum absolute atomic E-state index is 12.2. The molecule has 0 radical (unpaired) electrons. The predicted octanol–water partition coefficient (Wildman–Crippen LogP) is -2.20. The summed E-state index contributed by atoms with van der Waals surface area (Å²) in [5.74, 6) is -11.1. The number of hydrogen-bond donors (Lipinski definition) is 4. The van der Waals surface area contributed by atoms with Crippen molar-refractivity contribution in [3.8, 4) is 0 Å². The van der Waals surface area contributed by atoms with Gasteiger partial charge in [-0.3, -0.25) is 19.3 Å². The monoisotopic (exact) mass is 323 g/mol. The smallest absolute Gasteiger partial charge is 0.282 e. The fraction of sp³-hybridized carbons (Fsp3) is 0.286. The van der Waals surface area contributed by atoms with Gasteiger partial charge in [0.2, 0.25) is 0 Å². The van der Waals surface area contributed by atoms with E-state index in [9.17, 15) is 39.6 Å². The van der Waals surface area contributed by atoms with Gasteiger partial charge in [-0.2, -0.15) is 0 Å². The van der Waals surface area contributed by atoms with Crippen molar-refractivity contribution in [3.05, 3.63) is 35.4 Å². The minimum atomic E-state index is -3.80. The number of hydrogen-bond acceptors (Lipinski definition) is 8. The van der Waals surface area contributed by atoms with E-state index in [-0.39, 0.29) is 22.3 Å². The van der Waals surface area contributed by atoms with E-state index in [0.29, 0.717) is 6.92 Å². The van der Waals surface area contributed by atoms with Crippen molar-refractivity contribution in [2.75, 3.05) is 0 Å². The largest absolute Gasteiger partial charge is 0.359 e. The van der Waals surface area contributed by atoms with Gasteiger partial charge in [0.15, 0.2) is 11.8 Å². The molecule has 9 heteroatoms. The molecule has 1 unspecified atom stereocenters. The molecule has 1 heterocycles. The van der Waals surface area contributed by atoms with Crippen LogP contribution < -0.4 is 0 Å². The number of Topliss-reactive ketones (excluding diaryl/α,β-unsaturated/α-hetero) is 1. The second-order valence-electron chi connectivity index (χ2n) is 5.06. The highest BCUT2D eigenvalue weighted by molar-refractivity contribution is 6.22. The fourth-order valence-electron chi connectivity index (χ4n) is 2.26. The van der Waals surface area contributed by atoms with E-state index in [4.69, 9.17) is 0 Å². The highest BCUT2D eigenvalue weighted by Gasteiger charge is 2.61. The van der Waals surface area contributed by atoms with Crippen LogP contribution in [0.25, 0.3) is 0 Å². The Balaban J connectivity index is 2.52. The molecule has 122 valence electrons. The maximum atomic E-state index is 12.2. The van der Waals surface area contributed by atoms with Crippen molar-refractivity contribution in [3.63, 3.8) is 0 Å². The number of ketones is 1. The number of nitrogens with zero attached hydrogens (tertiary/aromatic N) is 1. The number of carbonyl (C=O) groups is 4. The van der Waals surface area contributed by atoms with Crippen LogP contribution >= 0.6 is 0 Å². The summed E-state index contributed by atoms with van der Waals surface area (Å²) >= 11 is 0. The van der Waals surface area contributed by atoms with Crippen molar-refractivity contribution in [2.45, 2.75) is 24.5 Å². The SMILES string of the molecule is CC(=O)C(O)(O)C(O)(O)C(C=O)N1C(=O)c2ccccc2C1=O. The molecule has 1 aliphatic heterocycles. The third kappa shape index (κ3) is 2.26. The molecule has 1 atom stereocenters. The summed E-state index contributed by atoms with van der Waals surface area (Å²) in [5.41, 5.74) is -0.186. The van der Waals surface area contributed by atoms with Gasteiger partial charge in [0, 0.05) is 6.92 Å². The molecule has 0 bridgehead atoms. The molecule has 9 nitrogen and oxygen atoms in total. The number of imide groups is 1. The maximum Gasteiger partial charge on any atom is 0.282 e. The van der Waals surface area contributed by atoms with Crippen molar-refractivity contribution in [1.29, 1.82) is 0 Å². The highest BCUT2D eigenvalue weighted by Crippen LogP contribution is 2.31. The van der Waals surface area contributed by atoms with Crippen LogP contribution in [-0.2, 0) is 9.59 Å². The summed E-state index contributed by atoms with van der Waals surface area (Å²) < 4.78 is 0. The second kappa shape index (κ2) is 5.32. The van der Waals surface area contributed by atoms with Crippen molar-refractivity contribution in [1.82, 2.24) is 4.90 Å². The summed E-state index contributed by atoms with van der Waals surface area (Å²) in [4.78, 5) is 47.1. The van der Waals surface area contributed by atoms with Crippen LogP contribution in [0.2, 0.25) is 0 Å². The van der Waals surface area contributed by atoms with Crippen molar-refractivity contribution < 1.29 is 39.6 Å². The Morgan fingerprint density at radius 1 is 1.09 bits per heavy atom. The Morgan fingerprint density at radius 2 is 1.52 bits per heavy atom. The minimum absolute atomic E-state index is 0.0931. The molecule has 23 heavy (non-hydrogen) atoms. The summed E-state index contributed by atoms with van der Waals surface area (Å²) in [6.45, 7) is 0.630. The Labute approximate surface area is 129 Å². The van der Waals surface area contributed by atoms with E-state index >= 15 is 0 Å².